The fourth-order valence-corrected chi connectivity index (χ4v) is 9.51. The highest BCUT2D eigenvalue weighted by molar-refractivity contribution is 7.03. The molecule has 5 heteroatoms. The van der Waals surface area contributed by atoms with E-state index in [0.717, 1.165) is 22.7 Å². The Labute approximate surface area is 294 Å². The molecule has 0 radical (unpaired) electrons. The fourth-order valence-electron chi connectivity index (χ4n) is 9.51. The van der Waals surface area contributed by atoms with Gasteiger partial charge in [-0.1, -0.05) is 108 Å². The summed E-state index contributed by atoms with van der Waals surface area (Å²) >= 11 is 0. The molecule has 4 aliphatic heterocycles. The molecule has 11 rings (SSSR count). The Morgan fingerprint density at radius 2 is 1.24 bits per heavy atom. The maximum Gasteiger partial charge on any atom is 0.329 e. The zero-order chi connectivity index (χ0) is 33.7. The molecule has 5 heterocycles. The Morgan fingerprint density at radius 1 is 0.540 bits per heavy atom. The van der Waals surface area contributed by atoms with Crippen LogP contribution in [0, 0.1) is 0 Å². The van der Waals surface area contributed by atoms with Gasteiger partial charge >= 0.3 is 6.85 Å². The van der Waals surface area contributed by atoms with E-state index in [1.165, 1.54) is 88.4 Å². The van der Waals surface area contributed by atoms with Crippen molar-refractivity contribution in [2.24, 2.45) is 0 Å². The van der Waals surface area contributed by atoms with E-state index in [1.54, 1.807) is 0 Å². The van der Waals surface area contributed by atoms with Gasteiger partial charge in [-0.3, -0.25) is 0 Å². The van der Waals surface area contributed by atoms with E-state index in [9.17, 15) is 0 Å². The van der Waals surface area contributed by atoms with Crippen LogP contribution in [0.4, 0.5) is 11.4 Å². The van der Waals surface area contributed by atoms with Gasteiger partial charge in [0.15, 0.2) is 0 Å². The van der Waals surface area contributed by atoms with Gasteiger partial charge in [-0.2, -0.15) is 0 Å². The van der Waals surface area contributed by atoms with Gasteiger partial charge < -0.3 is 14.0 Å². The Kier molecular flexibility index (Phi) is 5.59. The van der Waals surface area contributed by atoms with Gasteiger partial charge in [0, 0.05) is 38.8 Å². The number of ether oxygens (including phenoxy) is 1. The minimum absolute atomic E-state index is 0.00388. The van der Waals surface area contributed by atoms with Gasteiger partial charge in [-0.15, -0.1) is 0 Å². The molecule has 0 saturated heterocycles. The highest BCUT2D eigenvalue weighted by Crippen LogP contribution is 2.51. The molecule has 6 aromatic carbocycles. The molecule has 0 saturated carbocycles. The summed E-state index contributed by atoms with van der Waals surface area (Å²) in [4.78, 5) is 2.70. The van der Waals surface area contributed by atoms with Crippen LogP contribution in [0.5, 0.6) is 11.5 Å². The van der Waals surface area contributed by atoms with Crippen molar-refractivity contribution in [2.45, 2.75) is 59.3 Å². The Balaban J connectivity index is 1.34. The summed E-state index contributed by atoms with van der Waals surface area (Å²) in [5, 5.41) is 2.35. The van der Waals surface area contributed by atoms with Crippen LogP contribution in [0.15, 0.2) is 101 Å². The second kappa shape index (κ2) is 9.75. The monoisotopic (exact) mass is 645 g/mol. The molecule has 4 aliphatic rings. The molecule has 0 N–H and O–H groups in total. The van der Waals surface area contributed by atoms with Crippen molar-refractivity contribution in [2.75, 3.05) is 4.81 Å². The van der Waals surface area contributed by atoms with Crippen molar-refractivity contribution in [3.05, 3.63) is 114 Å². The smallest absolute Gasteiger partial charge is 0.329 e. The number of hydrogen-bond donors (Lipinski definition) is 0. The van der Waals surface area contributed by atoms with Crippen LogP contribution in [0.25, 0.3) is 44.2 Å². The molecular formula is C45H37B2NO2. The molecule has 0 amide bonds. The summed E-state index contributed by atoms with van der Waals surface area (Å²) in [6.45, 7) is 13.9. The lowest BCUT2D eigenvalue weighted by molar-refractivity contribution is 0.487. The van der Waals surface area contributed by atoms with Crippen LogP contribution in [0.2, 0.25) is 0 Å². The van der Waals surface area contributed by atoms with Crippen molar-refractivity contribution in [3.8, 4) is 33.8 Å². The topological polar surface area (TPSA) is 25.6 Å². The lowest BCUT2D eigenvalue weighted by Crippen LogP contribution is -2.68. The molecular weight excluding hydrogens is 608 g/mol. The SMILES string of the molecule is CC(C)c1ccc2c(c1)B1c3cc(C(C)C)cc4c3N3B(c5cc(C(C)C)ccc5-c5ccc(c1c53)O2)c1ccc2c(oc3ccccc32)c1-4. The zero-order valence-electron chi connectivity index (χ0n) is 29.4. The standard InChI is InChI=1S/C45H37B2NO2/c1-23(2)26-11-13-29-31-15-18-40-42-44(31)48-43-33(19-28(25(5)6)22-37(43)46(42)36-21-27(24(3)4)12-17-39(36)49-40)41-34(47(48)35(29)20-26)16-14-32-30-9-7-8-10-38(30)50-45(32)41/h7-25H,1-6H3. The van der Waals surface area contributed by atoms with Crippen LogP contribution in [0.3, 0.4) is 0 Å². The van der Waals surface area contributed by atoms with Crippen LogP contribution >= 0.6 is 0 Å². The Bertz CT molecular complexity index is 2650. The second-order valence-electron chi connectivity index (χ2n) is 15.8. The fraction of sp³-hybridized carbons (Fsp3) is 0.200. The summed E-state index contributed by atoms with van der Waals surface area (Å²) in [6, 6.07) is 36.8. The summed E-state index contributed by atoms with van der Waals surface area (Å²) in [5.74, 6) is 3.14. The third-order valence-electron chi connectivity index (χ3n) is 12.0. The van der Waals surface area contributed by atoms with Crippen molar-refractivity contribution in [1.82, 2.24) is 0 Å². The summed E-state index contributed by atoms with van der Waals surface area (Å²) < 4.78 is 13.8. The van der Waals surface area contributed by atoms with Crippen molar-refractivity contribution in [3.63, 3.8) is 0 Å². The van der Waals surface area contributed by atoms with Crippen molar-refractivity contribution in [1.29, 1.82) is 0 Å². The summed E-state index contributed by atoms with van der Waals surface area (Å²) in [7, 11) is 0. The number of hydrogen-bond acceptors (Lipinski definition) is 3. The lowest BCUT2D eigenvalue weighted by Gasteiger charge is -2.50. The molecule has 0 bridgehead atoms. The molecule has 0 fully saturated rings. The van der Waals surface area contributed by atoms with E-state index in [-0.39, 0.29) is 13.6 Å². The van der Waals surface area contributed by atoms with E-state index >= 15 is 0 Å². The molecule has 0 atom stereocenters. The Hall–Kier alpha value is -5.15. The van der Waals surface area contributed by atoms with E-state index in [1.807, 2.05) is 0 Å². The van der Waals surface area contributed by atoms with Crippen LogP contribution < -0.4 is 36.9 Å². The van der Waals surface area contributed by atoms with Crippen molar-refractivity contribution >= 4 is 74.2 Å². The molecule has 0 spiro atoms. The Morgan fingerprint density at radius 3 is 2.04 bits per heavy atom. The maximum absolute atomic E-state index is 6.91. The number of rotatable bonds is 3. The molecule has 240 valence electrons. The molecule has 7 aromatic rings. The quantitative estimate of drug-likeness (QED) is 0.180. The first-order valence-electron chi connectivity index (χ1n) is 18.3. The van der Waals surface area contributed by atoms with Crippen LogP contribution in [0.1, 0.15) is 76.0 Å². The molecule has 50 heavy (non-hydrogen) atoms. The number of anilines is 2. The summed E-state index contributed by atoms with van der Waals surface area (Å²) in [6.07, 6.45) is 0. The third-order valence-corrected chi connectivity index (χ3v) is 12.0. The molecule has 0 unspecified atom stereocenters. The van der Waals surface area contributed by atoms with Crippen LogP contribution in [-0.2, 0) is 0 Å². The predicted octanol–water partition coefficient (Wildman–Crippen LogP) is 8.80. The highest BCUT2D eigenvalue weighted by Gasteiger charge is 2.52. The van der Waals surface area contributed by atoms with Gasteiger partial charge in [0.05, 0.1) is 0 Å². The highest BCUT2D eigenvalue weighted by atomic mass is 16.5. The van der Waals surface area contributed by atoms with Crippen LogP contribution in [-0.4, -0.2) is 13.6 Å². The average molecular weight is 645 g/mol. The summed E-state index contributed by atoms with van der Waals surface area (Å²) in [5.41, 5.74) is 20.3. The average Bonchev–Trinajstić information content (AvgIpc) is 3.51. The largest absolute Gasteiger partial charge is 0.458 e. The van der Waals surface area contributed by atoms with Gasteiger partial charge in [0.25, 0.3) is 6.71 Å². The zero-order valence-corrected chi connectivity index (χ0v) is 29.4. The van der Waals surface area contributed by atoms with E-state index in [0.29, 0.717) is 17.8 Å². The van der Waals surface area contributed by atoms with Gasteiger partial charge in [-0.05, 0) is 97.7 Å². The minimum atomic E-state index is -0.00388. The van der Waals surface area contributed by atoms with E-state index < -0.39 is 0 Å². The van der Waals surface area contributed by atoms with Crippen molar-refractivity contribution < 1.29 is 9.15 Å². The molecule has 1 aromatic heterocycles. The first-order valence-corrected chi connectivity index (χ1v) is 18.3. The number of nitrogens with zero attached hydrogens (tertiary/aromatic N) is 1. The minimum Gasteiger partial charge on any atom is -0.458 e. The number of benzene rings is 6. The van der Waals surface area contributed by atoms with Gasteiger partial charge in [0.1, 0.15) is 22.7 Å². The van der Waals surface area contributed by atoms with Gasteiger partial charge in [0.2, 0.25) is 0 Å². The third kappa shape index (κ3) is 3.53. The predicted molar refractivity (Wildman–Crippen MR) is 212 cm³/mol. The first kappa shape index (κ1) is 28.7. The van der Waals surface area contributed by atoms with Gasteiger partial charge in [-0.25, -0.2) is 0 Å². The first-order chi connectivity index (χ1) is 24.3. The lowest BCUT2D eigenvalue weighted by atomic mass is 9.31. The molecule has 0 aliphatic carbocycles. The normalized spacial score (nSPS) is 14.4. The maximum atomic E-state index is 6.91. The molecule has 3 nitrogen and oxygen atoms in total. The number of furan rings is 1. The second-order valence-corrected chi connectivity index (χ2v) is 15.8. The number of fused-ring (bicyclic) bond motifs is 13. The van der Waals surface area contributed by atoms with E-state index in [4.69, 9.17) is 9.15 Å². The number of para-hydroxylation sites is 1. The van der Waals surface area contributed by atoms with E-state index in [2.05, 4.69) is 143 Å².